The van der Waals surface area contributed by atoms with E-state index in [9.17, 15) is 13.6 Å². The van der Waals surface area contributed by atoms with E-state index in [1.54, 1.807) is 6.07 Å². The highest BCUT2D eigenvalue weighted by Crippen LogP contribution is 2.38. The number of hydrogen-bond acceptors (Lipinski definition) is 2. The highest BCUT2D eigenvalue weighted by molar-refractivity contribution is 5.53. The maximum Gasteiger partial charge on any atom is 0.274 e. The van der Waals surface area contributed by atoms with Crippen LogP contribution in [-0.2, 0) is 17.1 Å². The molecule has 4 heteroatoms. The van der Waals surface area contributed by atoms with Crippen LogP contribution in [0.25, 0.3) is 0 Å². The Kier molecular flexibility index (Phi) is 4.21. The summed E-state index contributed by atoms with van der Waals surface area (Å²) in [6.07, 6.45) is 1.49. The fourth-order valence-corrected chi connectivity index (χ4v) is 1.82. The summed E-state index contributed by atoms with van der Waals surface area (Å²) < 4.78 is 31.9. The molecule has 0 spiro atoms. The smallest absolute Gasteiger partial charge is 0.274 e. The van der Waals surface area contributed by atoms with E-state index < -0.39 is 5.92 Å². The van der Waals surface area contributed by atoms with Crippen LogP contribution in [0.2, 0.25) is 0 Å². The predicted octanol–water partition coefficient (Wildman–Crippen LogP) is 3.25. The average Bonchev–Trinajstić information content (AvgIpc) is 2.25. The highest BCUT2D eigenvalue weighted by Gasteiger charge is 2.30. The van der Waals surface area contributed by atoms with Crippen molar-refractivity contribution in [3.8, 4) is 5.75 Å². The predicted molar refractivity (Wildman–Crippen MR) is 61.7 cm³/mol. The van der Waals surface area contributed by atoms with Crippen molar-refractivity contribution in [2.75, 3.05) is 7.11 Å². The molecule has 0 saturated heterocycles. The van der Waals surface area contributed by atoms with Gasteiger partial charge >= 0.3 is 0 Å². The van der Waals surface area contributed by atoms with Crippen molar-refractivity contribution in [3.63, 3.8) is 0 Å². The molecule has 0 unspecified atom stereocenters. The molecule has 1 rings (SSSR count). The summed E-state index contributed by atoms with van der Waals surface area (Å²) in [6, 6.07) is 3.01. The summed E-state index contributed by atoms with van der Waals surface area (Å²) in [5.74, 6) is -2.76. The van der Waals surface area contributed by atoms with Gasteiger partial charge in [-0.3, -0.25) is 0 Å². The minimum absolute atomic E-state index is 0.133. The number of aldehydes is 1. The second kappa shape index (κ2) is 5.25. The number of halogens is 2. The first-order chi connectivity index (χ1) is 7.91. The molecule has 0 fully saturated rings. The second-order valence-corrected chi connectivity index (χ2v) is 4.04. The lowest BCUT2D eigenvalue weighted by Gasteiger charge is -2.19. The first-order valence-electron chi connectivity index (χ1n) is 5.40. The zero-order valence-electron chi connectivity index (χ0n) is 10.2. The van der Waals surface area contributed by atoms with E-state index in [-0.39, 0.29) is 11.3 Å². The molecule has 0 aliphatic carbocycles. The lowest BCUT2D eigenvalue weighted by atomic mass is 9.97. The third kappa shape index (κ3) is 3.02. The van der Waals surface area contributed by atoms with Crippen LogP contribution in [0.4, 0.5) is 8.78 Å². The van der Waals surface area contributed by atoms with Gasteiger partial charge in [0.15, 0.2) is 0 Å². The molecule has 0 aliphatic rings. The minimum atomic E-state index is -2.95. The molecule has 0 amide bonds. The monoisotopic (exact) mass is 242 g/mol. The van der Waals surface area contributed by atoms with Gasteiger partial charge in [0.1, 0.15) is 12.0 Å². The molecule has 0 bridgehead atoms. The van der Waals surface area contributed by atoms with Crippen molar-refractivity contribution in [3.05, 3.63) is 28.8 Å². The van der Waals surface area contributed by atoms with Gasteiger partial charge in [0, 0.05) is 13.3 Å². The van der Waals surface area contributed by atoms with E-state index in [2.05, 4.69) is 0 Å². The zero-order valence-corrected chi connectivity index (χ0v) is 10.2. The Morgan fingerprint density at radius 1 is 1.41 bits per heavy atom. The zero-order chi connectivity index (χ0) is 13.1. The van der Waals surface area contributed by atoms with E-state index in [1.165, 1.54) is 13.2 Å². The lowest BCUT2D eigenvalue weighted by molar-refractivity contribution is -0.107. The van der Waals surface area contributed by atoms with E-state index in [0.29, 0.717) is 18.4 Å². The third-order valence-corrected chi connectivity index (χ3v) is 2.68. The number of hydrogen-bond donors (Lipinski definition) is 0. The number of benzene rings is 1. The number of aryl methyl sites for hydroxylation is 1. The van der Waals surface area contributed by atoms with Crippen molar-refractivity contribution in [1.29, 1.82) is 0 Å². The number of carbonyl (C=O) groups is 1. The van der Waals surface area contributed by atoms with E-state index in [4.69, 9.17) is 4.74 Å². The van der Waals surface area contributed by atoms with E-state index in [1.807, 2.05) is 6.92 Å². The number of ether oxygens (including phenoxy) is 1. The summed E-state index contributed by atoms with van der Waals surface area (Å²) in [7, 11) is 1.37. The van der Waals surface area contributed by atoms with Crippen molar-refractivity contribution >= 4 is 6.29 Å². The molecule has 0 N–H and O–H groups in total. The van der Waals surface area contributed by atoms with Gasteiger partial charge in [-0.15, -0.1) is 0 Å². The molecule has 2 nitrogen and oxygen atoms in total. The molecule has 94 valence electrons. The van der Waals surface area contributed by atoms with Crippen molar-refractivity contribution in [1.82, 2.24) is 0 Å². The van der Waals surface area contributed by atoms with Crippen LogP contribution in [0.15, 0.2) is 12.1 Å². The summed E-state index contributed by atoms with van der Waals surface area (Å²) in [4.78, 5) is 10.4. The molecular formula is C13H16F2O2. The Morgan fingerprint density at radius 3 is 2.53 bits per heavy atom. The van der Waals surface area contributed by atoms with Gasteiger partial charge < -0.3 is 9.53 Å². The standard InChI is InChI=1S/C13H16F2O2/c1-9-6-7-11(13(2,14)15)12(17-3)10(9)5-4-8-16/h6-8H,4-5H2,1-3H3. The SMILES string of the molecule is COc1c(C(C)(F)F)ccc(C)c1CCC=O. The first kappa shape index (κ1) is 13.6. The number of methoxy groups -OCH3 is 1. The van der Waals surface area contributed by atoms with Gasteiger partial charge in [-0.25, -0.2) is 8.78 Å². The Hall–Kier alpha value is -1.45. The Morgan fingerprint density at radius 2 is 2.06 bits per heavy atom. The van der Waals surface area contributed by atoms with Crippen LogP contribution in [-0.4, -0.2) is 13.4 Å². The fourth-order valence-electron chi connectivity index (χ4n) is 1.82. The topological polar surface area (TPSA) is 26.3 Å². The summed E-state index contributed by atoms with van der Waals surface area (Å²) >= 11 is 0. The largest absolute Gasteiger partial charge is 0.496 e. The summed E-state index contributed by atoms with van der Waals surface area (Å²) in [5, 5.41) is 0. The lowest BCUT2D eigenvalue weighted by Crippen LogP contribution is -2.11. The van der Waals surface area contributed by atoms with Crippen LogP contribution in [0.3, 0.4) is 0 Å². The maximum atomic E-state index is 13.4. The summed E-state index contributed by atoms with van der Waals surface area (Å²) in [6.45, 7) is 2.66. The average molecular weight is 242 g/mol. The van der Waals surface area contributed by atoms with Crippen molar-refractivity contribution < 1.29 is 18.3 Å². The third-order valence-electron chi connectivity index (χ3n) is 2.68. The van der Waals surface area contributed by atoms with Crippen LogP contribution in [0.5, 0.6) is 5.75 Å². The molecule has 1 aromatic rings. The second-order valence-electron chi connectivity index (χ2n) is 4.04. The molecule has 0 heterocycles. The minimum Gasteiger partial charge on any atom is -0.496 e. The van der Waals surface area contributed by atoms with Gasteiger partial charge in [0.2, 0.25) is 0 Å². The molecule has 0 saturated carbocycles. The van der Waals surface area contributed by atoms with Crippen molar-refractivity contribution in [2.24, 2.45) is 0 Å². The van der Waals surface area contributed by atoms with E-state index in [0.717, 1.165) is 18.8 Å². The molecule has 0 atom stereocenters. The summed E-state index contributed by atoms with van der Waals surface area (Å²) in [5.41, 5.74) is 1.40. The fraction of sp³-hybridized carbons (Fsp3) is 0.462. The van der Waals surface area contributed by atoms with Gasteiger partial charge in [-0.05, 0) is 30.5 Å². The van der Waals surface area contributed by atoms with Crippen molar-refractivity contribution in [2.45, 2.75) is 32.6 Å². The first-order valence-corrected chi connectivity index (χ1v) is 5.40. The highest BCUT2D eigenvalue weighted by atomic mass is 19.3. The molecular weight excluding hydrogens is 226 g/mol. The molecule has 0 aromatic heterocycles. The van der Waals surface area contributed by atoms with Crippen LogP contribution in [0, 0.1) is 6.92 Å². The Bertz CT molecular complexity index is 409. The van der Waals surface area contributed by atoms with Gasteiger partial charge in [-0.2, -0.15) is 0 Å². The molecule has 17 heavy (non-hydrogen) atoms. The van der Waals surface area contributed by atoms with Gasteiger partial charge in [0.25, 0.3) is 5.92 Å². The van der Waals surface area contributed by atoms with Crippen LogP contribution < -0.4 is 4.74 Å². The number of alkyl halides is 2. The molecule has 1 aromatic carbocycles. The molecule has 0 radical (unpaired) electrons. The number of rotatable bonds is 5. The quantitative estimate of drug-likeness (QED) is 0.741. The normalized spacial score (nSPS) is 11.4. The maximum absolute atomic E-state index is 13.4. The molecule has 0 aliphatic heterocycles. The Labute approximate surface area is 99.6 Å². The number of carbonyl (C=O) groups excluding carboxylic acids is 1. The van der Waals surface area contributed by atoms with Gasteiger partial charge in [-0.1, -0.05) is 6.07 Å². The van der Waals surface area contributed by atoms with E-state index >= 15 is 0 Å². The van der Waals surface area contributed by atoms with Gasteiger partial charge in [0.05, 0.1) is 12.7 Å². The van der Waals surface area contributed by atoms with Crippen LogP contribution in [0.1, 0.15) is 30.0 Å². The van der Waals surface area contributed by atoms with Crippen LogP contribution >= 0.6 is 0 Å². The Balaban J connectivity index is 3.31.